The summed E-state index contributed by atoms with van der Waals surface area (Å²) in [5.41, 5.74) is 1.68. The molecule has 3 N–H and O–H groups in total. The number of piperazine rings is 1. The highest BCUT2D eigenvalue weighted by Crippen LogP contribution is 2.26. The molecule has 1 unspecified atom stereocenters. The number of unbranched alkanes of at least 4 members (excludes halogenated alkanes) is 1. The normalized spacial score (nSPS) is 15.4. The summed E-state index contributed by atoms with van der Waals surface area (Å²) in [6, 6.07) is 7.74. The van der Waals surface area contributed by atoms with Crippen LogP contribution in [-0.2, 0) is 4.74 Å². The van der Waals surface area contributed by atoms with Crippen molar-refractivity contribution in [3.8, 4) is 0 Å². The van der Waals surface area contributed by atoms with Crippen molar-refractivity contribution < 1.29 is 14.3 Å². The van der Waals surface area contributed by atoms with E-state index >= 15 is 0 Å². The molecule has 4 rings (SSSR count). The van der Waals surface area contributed by atoms with Crippen molar-refractivity contribution in [2.75, 3.05) is 44.7 Å². The number of amides is 2. The Bertz CT molecular complexity index is 1090. The lowest BCUT2D eigenvalue weighted by Gasteiger charge is -2.32. The van der Waals surface area contributed by atoms with Gasteiger partial charge in [0.05, 0.1) is 12.8 Å². The number of hydrogen-bond donors (Lipinski definition) is 3. The number of carbonyl (C=O) groups is 2. The lowest BCUT2D eigenvalue weighted by molar-refractivity contribution is 0.0926. The van der Waals surface area contributed by atoms with Crippen LogP contribution in [-0.4, -0.2) is 66.7 Å². The van der Waals surface area contributed by atoms with Gasteiger partial charge in [-0.3, -0.25) is 10.1 Å². The second-order valence-corrected chi connectivity index (χ2v) is 9.14. The van der Waals surface area contributed by atoms with Crippen molar-refractivity contribution >= 4 is 39.4 Å². The summed E-state index contributed by atoms with van der Waals surface area (Å²) in [6.45, 7) is 6.06. The highest BCUT2D eigenvalue weighted by atomic mass is 32.1. The largest absolute Gasteiger partial charge is 0.450 e. The number of likely N-dealkylation sites (N-methyl/N-ethyl adjacent to an activating group) is 1. The van der Waals surface area contributed by atoms with Gasteiger partial charge in [0.15, 0.2) is 5.13 Å². The summed E-state index contributed by atoms with van der Waals surface area (Å²) < 4.78 is 5.27. The Morgan fingerprint density at radius 3 is 2.79 bits per heavy atom. The van der Waals surface area contributed by atoms with Gasteiger partial charge < -0.3 is 24.8 Å². The molecule has 0 spiro atoms. The number of rotatable bonds is 8. The van der Waals surface area contributed by atoms with Gasteiger partial charge in [0.25, 0.3) is 5.91 Å². The minimum absolute atomic E-state index is 0.294. The van der Waals surface area contributed by atoms with E-state index in [1.807, 2.05) is 31.2 Å². The molecule has 0 radical (unpaired) electrons. The first kappa shape index (κ1) is 23.1. The SMILES string of the molecule is CCCCOC(=O)NC(NC(=O)c1cnc(N2CCN(C)CC2)s1)c1c[nH]c2ccccc12. The van der Waals surface area contributed by atoms with Gasteiger partial charge in [-0.05, 0) is 19.5 Å². The standard InChI is InChI=1S/C23H30N6O3S/c1-3-4-13-32-23(31)27-20(17-14-24-18-8-6-5-7-16(17)18)26-21(30)19-15-25-22(33-19)29-11-9-28(2)10-12-29/h5-8,14-15,20,24H,3-4,9-13H2,1-2H3,(H,26,30)(H,27,31). The lowest BCUT2D eigenvalue weighted by Crippen LogP contribution is -2.44. The minimum Gasteiger partial charge on any atom is -0.450 e. The van der Waals surface area contributed by atoms with E-state index in [0.717, 1.165) is 60.6 Å². The Balaban J connectivity index is 1.50. The molecule has 2 aromatic heterocycles. The number of alkyl carbamates (subject to hydrolysis) is 1. The van der Waals surface area contributed by atoms with Gasteiger partial charge in [-0.1, -0.05) is 42.9 Å². The van der Waals surface area contributed by atoms with Crippen LogP contribution >= 0.6 is 11.3 Å². The first-order valence-electron chi connectivity index (χ1n) is 11.2. The van der Waals surface area contributed by atoms with E-state index in [1.165, 1.54) is 11.3 Å². The van der Waals surface area contributed by atoms with Crippen LogP contribution in [0.2, 0.25) is 0 Å². The quantitative estimate of drug-likeness (QED) is 0.345. The van der Waals surface area contributed by atoms with E-state index in [-0.39, 0.29) is 5.91 Å². The number of H-pyrrole nitrogens is 1. The second kappa shape index (κ2) is 10.7. The number of thiazole rings is 1. The third-order valence-electron chi connectivity index (χ3n) is 5.69. The number of aromatic nitrogens is 2. The van der Waals surface area contributed by atoms with Crippen molar-refractivity contribution in [1.82, 2.24) is 25.5 Å². The van der Waals surface area contributed by atoms with E-state index < -0.39 is 12.3 Å². The summed E-state index contributed by atoms with van der Waals surface area (Å²) in [5, 5.41) is 7.50. The number of ether oxygens (including phenoxy) is 1. The van der Waals surface area contributed by atoms with Crippen molar-refractivity contribution in [3.05, 3.63) is 47.1 Å². The minimum atomic E-state index is -0.753. The molecule has 1 fully saturated rings. The zero-order chi connectivity index (χ0) is 23.2. The van der Waals surface area contributed by atoms with Crippen LogP contribution in [0.4, 0.5) is 9.93 Å². The smallest absolute Gasteiger partial charge is 0.409 e. The van der Waals surface area contributed by atoms with E-state index in [2.05, 4.69) is 37.4 Å². The Morgan fingerprint density at radius 2 is 2.00 bits per heavy atom. The summed E-state index contributed by atoms with van der Waals surface area (Å²) >= 11 is 1.36. The van der Waals surface area contributed by atoms with Crippen molar-refractivity contribution in [2.45, 2.75) is 25.9 Å². The average Bonchev–Trinajstić information content (AvgIpc) is 3.47. The summed E-state index contributed by atoms with van der Waals surface area (Å²) in [5.74, 6) is -0.294. The summed E-state index contributed by atoms with van der Waals surface area (Å²) in [4.78, 5) is 38.1. The molecule has 0 saturated carbocycles. The van der Waals surface area contributed by atoms with Crippen LogP contribution in [0, 0.1) is 0 Å². The van der Waals surface area contributed by atoms with Crippen molar-refractivity contribution in [2.24, 2.45) is 0 Å². The van der Waals surface area contributed by atoms with Gasteiger partial charge in [0, 0.05) is 48.8 Å². The van der Waals surface area contributed by atoms with Crippen LogP contribution in [0.25, 0.3) is 10.9 Å². The van der Waals surface area contributed by atoms with Gasteiger partial charge in [0.2, 0.25) is 0 Å². The number of benzene rings is 1. The molecule has 9 nitrogen and oxygen atoms in total. The number of anilines is 1. The number of para-hydroxylation sites is 1. The number of hydrogen-bond acceptors (Lipinski definition) is 7. The molecule has 1 aliphatic rings. The summed E-state index contributed by atoms with van der Waals surface area (Å²) in [6.07, 6.45) is 3.78. The van der Waals surface area contributed by atoms with Crippen LogP contribution < -0.4 is 15.5 Å². The Kier molecular flexibility index (Phi) is 7.46. The van der Waals surface area contributed by atoms with Crippen LogP contribution in [0.5, 0.6) is 0 Å². The van der Waals surface area contributed by atoms with Crippen LogP contribution in [0.3, 0.4) is 0 Å². The third kappa shape index (κ3) is 5.63. The number of nitrogens with one attached hydrogen (secondary N) is 3. The number of fused-ring (bicyclic) bond motifs is 1. The van der Waals surface area contributed by atoms with E-state index in [4.69, 9.17) is 4.74 Å². The average molecular weight is 471 g/mol. The molecular formula is C23H30N6O3S. The number of aromatic amines is 1. The van der Waals surface area contributed by atoms with Crippen molar-refractivity contribution in [1.29, 1.82) is 0 Å². The first-order valence-corrected chi connectivity index (χ1v) is 12.1. The molecule has 0 aliphatic carbocycles. The van der Waals surface area contributed by atoms with Gasteiger partial charge in [-0.15, -0.1) is 0 Å². The molecule has 3 heterocycles. The van der Waals surface area contributed by atoms with E-state index in [1.54, 1.807) is 12.4 Å². The lowest BCUT2D eigenvalue weighted by atomic mass is 10.1. The zero-order valence-electron chi connectivity index (χ0n) is 19.0. The fourth-order valence-electron chi connectivity index (χ4n) is 3.71. The predicted octanol–water partition coefficient (Wildman–Crippen LogP) is 3.33. The first-order chi connectivity index (χ1) is 16.0. The maximum Gasteiger partial charge on any atom is 0.409 e. The van der Waals surface area contributed by atoms with Crippen LogP contribution in [0.1, 0.15) is 41.2 Å². The predicted molar refractivity (Wildman–Crippen MR) is 130 cm³/mol. The molecule has 3 aromatic rings. The highest BCUT2D eigenvalue weighted by molar-refractivity contribution is 7.17. The second-order valence-electron chi connectivity index (χ2n) is 8.13. The fraction of sp³-hybridized carbons (Fsp3) is 0.435. The van der Waals surface area contributed by atoms with Gasteiger partial charge in [-0.2, -0.15) is 0 Å². The topological polar surface area (TPSA) is 103 Å². The fourth-order valence-corrected chi connectivity index (χ4v) is 4.58. The third-order valence-corrected chi connectivity index (χ3v) is 6.75. The Hall–Kier alpha value is -3.11. The molecule has 1 aromatic carbocycles. The molecule has 176 valence electrons. The number of nitrogens with zero attached hydrogens (tertiary/aromatic N) is 3. The molecule has 1 aliphatic heterocycles. The maximum atomic E-state index is 13.1. The monoisotopic (exact) mass is 470 g/mol. The molecular weight excluding hydrogens is 440 g/mol. The van der Waals surface area contributed by atoms with Gasteiger partial charge >= 0.3 is 6.09 Å². The molecule has 0 bridgehead atoms. The Labute approximate surface area is 197 Å². The molecule has 1 saturated heterocycles. The highest BCUT2D eigenvalue weighted by Gasteiger charge is 2.24. The van der Waals surface area contributed by atoms with Crippen LogP contribution in [0.15, 0.2) is 36.7 Å². The zero-order valence-corrected chi connectivity index (χ0v) is 19.8. The molecule has 33 heavy (non-hydrogen) atoms. The molecule has 1 atom stereocenters. The van der Waals surface area contributed by atoms with Gasteiger partial charge in [0.1, 0.15) is 11.0 Å². The Morgan fingerprint density at radius 1 is 1.21 bits per heavy atom. The molecule has 2 amide bonds. The van der Waals surface area contributed by atoms with Gasteiger partial charge in [-0.25, -0.2) is 9.78 Å². The maximum absolute atomic E-state index is 13.1. The van der Waals surface area contributed by atoms with E-state index in [9.17, 15) is 9.59 Å². The van der Waals surface area contributed by atoms with Crippen molar-refractivity contribution in [3.63, 3.8) is 0 Å². The number of carbonyl (C=O) groups excluding carboxylic acids is 2. The summed E-state index contributed by atoms with van der Waals surface area (Å²) in [7, 11) is 2.10. The van der Waals surface area contributed by atoms with E-state index in [0.29, 0.717) is 11.5 Å². The molecule has 10 heteroatoms.